The van der Waals surface area contributed by atoms with Crippen LogP contribution in [0.2, 0.25) is 0 Å². The molecule has 22 heavy (non-hydrogen) atoms. The Kier molecular flexibility index (Phi) is 4.80. The Hall–Kier alpha value is -1.96. The van der Waals surface area contributed by atoms with Crippen molar-refractivity contribution in [3.63, 3.8) is 0 Å². The molecular weight excluding hydrogens is 320 g/mol. The highest BCUT2D eigenvalue weighted by molar-refractivity contribution is 7.89. The van der Waals surface area contributed by atoms with Gasteiger partial charge in [0.1, 0.15) is 0 Å². The molecule has 0 radical (unpaired) electrons. The first-order valence-electron chi connectivity index (χ1n) is 6.44. The van der Waals surface area contributed by atoms with Gasteiger partial charge in [-0.1, -0.05) is 6.07 Å². The van der Waals surface area contributed by atoms with Crippen LogP contribution in [0.4, 0.5) is 5.69 Å². The molecule has 0 aliphatic rings. The van der Waals surface area contributed by atoms with Crippen LogP contribution in [-0.4, -0.2) is 14.3 Å². The summed E-state index contributed by atoms with van der Waals surface area (Å²) in [4.78, 5) is 12.9. The molecule has 0 spiro atoms. The lowest BCUT2D eigenvalue weighted by Crippen LogP contribution is -2.15. The van der Waals surface area contributed by atoms with Crippen LogP contribution >= 0.6 is 11.3 Å². The predicted octanol–water partition coefficient (Wildman–Crippen LogP) is 2.66. The van der Waals surface area contributed by atoms with Crippen molar-refractivity contribution in [2.24, 2.45) is 5.14 Å². The summed E-state index contributed by atoms with van der Waals surface area (Å²) in [6.45, 7) is 3.57. The van der Waals surface area contributed by atoms with Crippen molar-refractivity contribution in [1.29, 1.82) is 0 Å². The Labute approximate surface area is 133 Å². The average Bonchev–Trinajstić information content (AvgIpc) is 2.93. The fraction of sp³-hybridized carbons (Fsp3) is 0.133. The molecule has 0 fully saturated rings. The first kappa shape index (κ1) is 16.4. The zero-order valence-electron chi connectivity index (χ0n) is 12.2. The van der Waals surface area contributed by atoms with E-state index in [0.717, 1.165) is 16.0 Å². The molecule has 0 atom stereocenters. The Bertz CT molecular complexity index is 823. The molecule has 1 heterocycles. The standard InChI is InChI=1S/C15H16N2O3S2/c1-10-8-13(22(16,19)20)9-14(11(10)2)17-15(18)6-5-12-4-3-7-21-12/h3-9H,1-2H3,(H,17,18)(H2,16,19,20)/b6-5+. The maximum atomic E-state index is 12.0. The molecule has 3 N–H and O–H groups in total. The molecule has 1 aromatic carbocycles. The number of thiophene rings is 1. The van der Waals surface area contributed by atoms with Gasteiger partial charge in [0.2, 0.25) is 15.9 Å². The molecule has 116 valence electrons. The zero-order valence-corrected chi connectivity index (χ0v) is 13.8. The molecule has 1 amide bonds. The number of nitrogens with one attached hydrogen (secondary N) is 1. The third-order valence-corrected chi connectivity index (χ3v) is 4.90. The quantitative estimate of drug-likeness (QED) is 0.841. The third kappa shape index (κ3) is 4.03. The number of rotatable bonds is 4. The van der Waals surface area contributed by atoms with E-state index in [2.05, 4.69) is 5.32 Å². The maximum Gasteiger partial charge on any atom is 0.248 e. The van der Waals surface area contributed by atoms with Gasteiger partial charge < -0.3 is 5.32 Å². The number of nitrogens with two attached hydrogens (primary N) is 1. The Morgan fingerprint density at radius 1 is 1.32 bits per heavy atom. The number of aryl methyl sites for hydroxylation is 1. The van der Waals surface area contributed by atoms with E-state index >= 15 is 0 Å². The molecule has 0 aliphatic carbocycles. The molecule has 1 aromatic heterocycles. The number of anilines is 1. The van der Waals surface area contributed by atoms with Crippen LogP contribution in [0.3, 0.4) is 0 Å². The number of carbonyl (C=O) groups excluding carboxylic acids is 1. The van der Waals surface area contributed by atoms with Crippen LogP contribution in [-0.2, 0) is 14.8 Å². The summed E-state index contributed by atoms with van der Waals surface area (Å²) in [7, 11) is -3.82. The normalized spacial score (nSPS) is 11.8. The monoisotopic (exact) mass is 336 g/mol. The van der Waals surface area contributed by atoms with Crippen molar-refractivity contribution in [3.05, 3.63) is 51.7 Å². The van der Waals surface area contributed by atoms with Gasteiger partial charge in [0.05, 0.1) is 4.90 Å². The van der Waals surface area contributed by atoms with Crippen molar-refractivity contribution < 1.29 is 13.2 Å². The minimum Gasteiger partial charge on any atom is -0.322 e. The van der Waals surface area contributed by atoms with E-state index in [1.54, 1.807) is 19.9 Å². The van der Waals surface area contributed by atoms with Gasteiger partial charge in [-0.05, 0) is 54.6 Å². The molecular formula is C15H16N2O3S2. The fourth-order valence-electron chi connectivity index (χ4n) is 1.84. The third-order valence-electron chi connectivity index (χ3n) is 3.17. The maximum absolute atomic E-state index is 12.0. The molecule has 0 bridgehead atoms. The summed E-state index contributed by atoms with van der Waals surface area (Å²) in [5.74, 6) is -0.331. The Balaban J connectivity index is 2.25. The second-order valence-corrected chi connectivity index (χ2v) is 7.34. The number of carbonyl (C=O) groups is 1. The number of hydrogen-bond acceptors (Lipinski definition) is 4. The van der Waals surface area contributed by atoms with E-state index in [0.29, 0.717) is 5.69 Å². The van der Waals surface area contributed by atoms with Gasteiger partial charge in [0.25, 0.3) is 0 Å². The van der Waals surface area contributed by atoms with E-state index in [-0.39, 0.29) is 10.8 Å². The number of amides is 1. The number of sulfonamides is 1. The van der Waals surface area contributed by atoms with Gasteiger partial charge in [-0.3, -0.25) is 4.79 Å². The molecule has 0 saturated heterocycles. The van der Waals surface area contributed by atoms with Crippen molar-refractivity contribution in [1.82, 2.24) is 0 Å². The molecule has 0 saturated carbocycles. The van der Waals surface area contributed by atoms with Crippen LogP contribution in [0.1, 0.15) is 16.0 Å². The van der Waals surface area contributed by atoms with Gasteiger partial charge >= 0.3 is 0 Å². The van der Waals surface area contributed by atoms with Crippen LogP contribution in [0.15, 0.2) is 40.6 Å². The van der Waals surface area contributed by atoms with Gasteiger partial charge in [-0.25, -0.2) is 13.6 Å². The van der Waals surface area contributed by atoms with Crippen LogP contribution in [0.5, 0.6) is 0 Å². The molecule has 2 rings (SSSR count). The summed E-state index contributed by atoms with van der Waals surface area (Å²) in [5.41, 5.74) is 1.97. The number of benzene rings is 1. The van der Waals surface area contributed by atoms with Crippen molar-refractivity contribution in [2.45, 2.75) is 18.7 Å². The van der Waals surface area contributed by atoms with Crippen molar-refractivity contribution in [2.75, 3.05) is 5.32 Å². The van der Waals surface area contributed by atoms with Crippen LogP contribution in [0, 0.1) is 13.8 Å². The minimum atomic E-state index is -3.82. The Morgan fingerprint density at radius 3 is 2.64 bits per heavy atom. The van der Waals surface area contributed by atoms with Crippen LogP contribution < -0.4 is 10.5 Å². The number of primary sulfonamides is 1. The molecule has 0 aliphatic heterocycles. The predicted molar refractivity (Wildman–Crippen MR) is 89.3 cm³/mol. The zero-order chi connectivity index (χ0) is 16.3. The smallest absolute Gasteiger partial charge is 0.248 e. The average molecular weight is 336 g/mol. The largest absolute Gasteiger partial charge is 0.322 e. The minimum absolute atomic E-state index is 0.0202. The van der Waals surface area contributed by atoms with E-state index in [9.17, 15) is 13.2 Å². The van der Waals surface area contributed by atoms with E-state index in [1.165, 1.54) is 29.5 Å². The fourth-order valence-corrected chi connectivity index (χ4v) is 3.08. The lowest BCUT2D eigenvalue weighted by Gasteiger charge is -2.11. The summed E-state index contributed by atoms with van der Waals surface area (Å²) in [6.07, 6.45) is 3.11. The van der Waals surface area contributed by atoms with E-state index in [4.69, 9.17) is 5.14 Å². The summed E-state index contributed by atoms with van der Waals surface area (Å²) >= 11 is 1.52. The van der Waals surface area contributed by atoms with Crippen LogP contribution in [0.25, 0.3) is 6.08 Å². The van der Waals surface area contributed by atoms with Gasteiger partial charge in [-0.15, -0.1) is 11.3 Å². The molecule has 0 unspecified atom stereocenters. The highest BCUT2D eigenvalue weighted by atomic mass is 32.2. The number of hydrogen-bond donors (Lipinski definition) is 2. The topological polar surface area (TPSA) is 89.3 Å². The molecule has 7 heteroatoms. The van der Waals surface area contributed by atoms with Gasteiger partial charge in [-0.2, -0.15) is 0 Å². The van der Waals surface area contributed by atoms with E-state index in [1.807, 2.05) is 17.5 Å². The highest BCUT2D eigenvalue weighted by Crippen LogP contribution is 2.23. The first-order chi connectivity index (χ1) is 10.3. The lowest BCUT2D eigenvalue weighted by molar-refractivity contribution is -0.111. The van der Waals surface area contributed by atoms with E-state index < -0.39 is 10.0 Å². The SMILES string of the molecule is Cc1cc(S(N)(=O)=O)cc(NC(=O)/C=C/c2cccs2)c1C. The highest BCUT2D eigenvalue weighted by Gasteiger charge is 2.13. The van der Waals surface area contributed by atoms with Crippen molar-refractivity contribution in [3.8, 4) is 0 Å². The molecule has 2 aromatic rings. The molecule has 5 nitrogen and oxygen atoms in total. The summed E-state index contributed by atoms with van der Waals surface area (Å²) in [6, 6.07) is 6.65. The van der Waals surface area contributed by atoms with Gasteiger partial charge in [0.15, 0.2) is 0 Å². The Morgan fingerprint density at radius 2 is 2.05 bits per heavy atom. The second kappa shape index (κ2) is 6.43. The second-order valence-electron chi connectivity index (χ2n) is 4.80. The summed E-state index contributed by atoms with van der Waals surface area (Å²) in [5, 5.41) is 9.75. The van der Waals surface area contributed by atoms with Gasteiger partial charge in [0, 0.05) is 16.6 Å². The van der Waals surface area contributed by atoms with Crippen molar-refractivity contribution >= 4 is 39.0 Å². The lowest BCUT2D eigenvalue weighted by atomic mass is 10.1. The summed E-state index contributed by atoms with van der Waals surface area (Å²) < 4.78 is 22.9. The first-order valence-corrected chi connectivity index (χ1v) is 8.86.